The fourth-order valence-corrected chi connectivity index (χ4v) is 5.54. The molecule has 0 radical (unpaired) electrons. The first-order valence-corrected chi connectivity index (χ1v) is 11.1. The largest absolute Gasteiger partial charge is 0.338 e. The quantitative estimate of drug-likeness (QED) is 0.722. The molecule has 0 amide bonds. The summed E-state index contributed by atoms with van der Waals surface area (Å²) < 4.78 is 25.3. The van der Waals surface area contributed by atoms with Crippen molar-refractivity contribution >= 4 is 49.3 Å². The first-order valence-electron chi connectivity index (χ1n) is 8.45. The molecular formula is C17H16N6O2S2. The van der Waals surface area contributed by atoms with E-state index < -0.39 is 10.0 Å². The summed E-state index contributed by atoms with van der Waals surface area (Å²) in [5, 5.41) is 4.33. The summed E-state index contributed by atoms with van der Waals surface area (Å²) in [6.07, 6.45) is 7.05. The van der Waals surface area contributed by atoms with Crippen LogP contribution in [0.3, 0.4) is 0 Å². The minimum absolute atomic E-state index is 0.394. The van der Waals surface area contributed by atoms with Crippen molar-refractivity contribution in [3.8, 4) is 0 Å². The molecule has 0 unspecified atom stereocenters. The van der Waals surface area contributed by atoms with Crippen LogP contribution in [0.5, 0.6) is 0 Å². The van der Waals surface area contributed by atoms with Crippen molar-refractivity contribution < 1.29 is 8.42 Å². The molecule has 2 aliphatic rings. The fourth-order valence-electron chi connectivity index (χ4n) is 3.47. The van der Waals surface area contributed by atoms with Crippen molar-refractivity contribution in [2.45, 2.75) is 19.5 Å². The Bertz CT molecular complexity index is 1200. The Morgan fingerprint density at radius 2 is 2.15 bits per heavy atom. The first-order chi connectivity index (χ1) is 13.0. The van der Waals surface area contributed by atoms with Gasteiger partial charge < -0.3 is 5.32 Å². The molecule has 0 bridgehead atoms. The smallest absolute Gasteiger partial charge is 0.211 e. The lowest BCUT2D eigenvalue weighted by atomic mass is 10.1. The molecule has 0 aliphatic carbocycles. The third kappa shape index (κ3) is 2.89. The highest BCUT2D eigenvalue weighted by atomic mass is 32.2. The summed E-state index contributed by atoms with van der Waals surface area (Å²) in [7, 11) is -3.20. The van der Waals surface area contributed by atoms with Gasteiger partial charge in [0.05, 0.1) is 35.8 Å². The standard InChI is InChI=1S/C17H16N6O2S2/c1-27(24,25)23-3-2-12-14(8-23)26-17-15(12)16(20-9-21-17)22-11-4-10-5-18-7-13(10)19-6-11/h4-6,9H,2-3,7-8H2,1H3,(H,20,21,22). The third-order valence-corrected chi connectivity index (χ3v) is 7.18. The monoisotopic (exact) mass is 400 g/mol. The second-order valence-electron chi connectivity index (χ2n) is 6.61. The molecule has 0 spiro atoms. The Balaban J connectivity index is 1.55. The number of sulfonamides is 1. The fraction of sp³-hybridized carbons (Fsp3) is 0.294. The molecule has 27 heavy (non-hydrogen) atoms. The number of rotatable bonds is 3. The minimum Gasteiger partial charge on any atom is -0.338 e. The molecule has 3 aromatic rings. The molecule has 5 heterocycles. The van der Waals surface area contributed by atoms with E-state index in [9.17, 15) is 8.42 Å². The second kappa shape index (κ2) is 6.04. The van der Waals surface area contributed by atoms with Crippen LogP contribution in [0.25, 0.3) is 10.2 Å². The van der Waals surface area contributed by atoms with Crippen LogP contribution in [0.1, 0.15) is 21.7 Å². The number of thiophene rings is 1. The van der Waals surface area contributed by atoms with E-state index in [-0.39, 0.29) is 0 Å². The maximum Gasteiger partial charge on any atom is 0.211 e. The summed E-state index contributed by atoms with van der Waals surface area (Å²) in [5.41, 5.74) is 3.97. The SMILES string of the molecule is CS(=O)(=O)N1CCc2c(sc3ncnc(Nc4cnc5c(c4)C=NC5)c23)C1. The predicted octanol–water partition coefficient (Wildman–Crippen LogP) is 2.08. The van der Waals surface area contributed by atoms with Gasteiger partial charge in [-0.1, -0.05) is 0 Å². The van der Waals surface area contributed by atoms with E-state index >= 15 is 0 Å². The predicted molar refractivity (Wildman–Crippen MR) is 105 cm³/mol. The van der Waals surface area contributed by atoms with E-state index in [4.69, 9.17) is 0 Å². The van der Waals surface area contributed by atoms with Crippen LogP contribution in [0, 0.1) is 0 Å². The normalized spacial score (nSPS) is 16.5. The Morgan fingerprint density at radius 3 is 3.00 bits per heavy atom. The second-order valence-corrected chi connectivity index (χ2v) is 9.67. The van der Waals surface area contributed by atoms with Crippen molar-refractivity contribution in [1.82, 2.24) is 19.3 Å². The Morgan fingerprint density at radius 1 is 1.26 bits per heavy atom. The molecule has 3 aromatic heterocycles. The number of aromatic nitrogens is 3. The van der Waals surface area contributed by atoms with Gasteiger partial charge in [-0.25, -0.2) is 18.4 Å². The van der Waals surface area contributed by atoms with Crippen LogP contribution < -0.4 is 5.32 Å². The van der Waals surface area contributed by atoms with Gasteiger partial charge in [-0.3, -0.25) is 9.98 Å². The van der Waals surface area contributed by atoms with Crippen LogP contribution >= 0.6 is 11.3 Å². The average Bonchev–Trinajstić information content (AvgIpc) is 3.24. The molecule has 0 atom stereocenters. The van der Waals surface area contributed by atoms with E-state index in [2.05, 4.69) is 25.3 Å². The average molecular weight is 400 g/mol. The third-order valence-electron chi connectivity index (χ3n) is 4.81. The van der Waals surface area contributed by atoms with Crippen LogP contribution in [0.2, 0.25) is 0 Å². The van der Waals surface area contributed by atoms with Crippen LogP contribution in [0.4, 0.5) is 11.5 Å². The number of nitrogens with one attached hydrogen (secondary N) is 1. The Kier molecular flexibility index (Phi) is 3.74. The zero-order chi connectivity index (χ0) is 18.6. The van der Waals surface area contributed by atoms with Crippen molar-refractivity contribution in [2.75, 3.05) is 18.1 Å². The maximum atomic E-state index is 11.9. The molecule has 8 nitrogen and oxygen atoms in total. The number of anilines is 2. The molecule has 0 fully saturated rings. The molecule has 5 rings (SSSR count). The lowest BCUT2D eigenvalue weighted by Crippen LogP contribution is -2.34. The van der Waals surface area contributed by atoms with Gasteiger partial charge in [-0.2, -0.15) is 4.31 Å². The molecule has 138 valence electrons. The van der Waals surface area contributed by atoms with Gasteiger partial charge >= 0.3 is 0 Å². The molecule has 0 aromatic carbocycles. The molecule has 10 heteroatoms. The Labute approximate surface area is 160 Å². The lowest BCUT2D eigenvalue weighted by Gasteiger charge is -2.24. The zero-order valence-corrected chi connectivity index (χ0v) is 16.1. The van der Waals surface area contributed by atoms with Gasteiger partial charge in [-0.05, 0) is 18.1 Å². The number of hydrogen-bond acceptors (Lipinski definition) is 8. The number of hydrogen-bond donors (Lipinski definition) is 1. The zero-order valence-electron chi connectivity index (χ0n) is 14.5. The van der Waals surface area contributed by atoms with E-state index in [0.29, 0.717) is 26.1 Å². The van der Waals surface area contributed by atoms with E-state index in [1.165, 1.54) is 28.2 Å². The van der Waals surface area contributed by atoms with Gasteiger partial charge in [-0.15, -0.1) is 11.3 Å². The van der Waals surface area contributed by atoms with Crippen LogP contribution in [0.15, 0.2) is 23.6 Å². The van der Waals surface area contributed by atoms with Gasteiger partial charge in [0.15, 0.2) is 0 Å². The van der Waals surface area contributed by atoms with Crippen LogP contribution in [-0.2, 0) is 29.5 Å². The first kappa shape index (κ1) is 16.7. The maximum absolute atomic E-state index is 11.9. The highest BCUT2D eigenvalue weighted by molar-refractivity contribution is 7.88. The van der Waals surface area contributed by atoms with Gasteiger partial charge in [0.2, 0.25) is 10.0 Å². The summed E-state index contributed by atoms with van der Waals surface area (Å²) >= 11 is 1.53. The minimum atomic E-state index is -3.20. The molecule has 2 aliphatic heterocycles. The summed E-state index contributed by atoms with van der Waals surface area (Å²) in [5.74, 6) is 0.724. The van der Waals surface area contributed by atoms with Crippen molar-refractivity contribution in [1.29, 1.82) is 0 Å². The van der Waals surface area contributed by atoms with E-state index in [1.807, 2.05) is 12.3 Å². The number of pyridine rings is 1. The van der Waals surface area contributed by atoms with E-state index in [1.54, 1.807) is 6.20 Å². The molecule has 1 N–H and O–H groups in total. The molecule has 0 saturated heterocycles. The highest BCUT2D eigenvalue weighted by Gasteiger charge is 2.28. The van der Waals surface area contributed by atoms with Gasteiger partial charge in [0, 0.05) is 29.7 Å². The van der Waals surface area contributed by atoms with E-state index in [0.717, 1.165) is 43.4 Å². The van der Waals surface area contributed by atoms with Gasteiger partial charge in [0.1, 0.15) is 17.0 Å². The van der Waals surface area contributed by atoms with Crippen molar-refractivity contribution in [3.05, 3.63) is 40.3 Å². The molecule has 0 saturated carbocycles. The highest BCUT2D eigenvalue weighted by Crippen LogP contribution is 2.38. The topological polar surface area (TPSA) is 100 Å². The van der Waals surface area contributed by atoms with Crippen molar-refractivity contribution in [2.24, 2.45) is 4.99 Å². The molecular weight excluding hydrogens is 384 g/mol. The van der Waals surface area contributed by atoms with Crippen LogP contribution in [-0.4, -0.2) is 46.7 Å². The number of fused-ring (bicyclic) bond motifs is 4. The van der Waals surface area contributed by atoms with Crippen molar-refractivity contribution in [3.63, 3.8) is 0 Å². The summed E-state index contributed by atoms with van der Waals surface area (Å²) in [6, 6.07) is 2.01. The summed E-state index contributed by atoms with van der Waals surface area (Å²) in [4.78, 5) is 19.4. The van der Waals surface area contributed by atoms with Gasteiger partial charge in [0.25, 0.3) is 0 Å². The summed E-state index contributed by atoms with van der Waals surface area (Å²) in [6.45, 7) is 1.50. The number of aliphatic imine (C=N–C) groups is 1. The number of nitrogens with zero attached hydrogens (tertiary/aromatic N) is 5. The lowest BCUT2D eigenvalue weighted by molar-refractivity contribution is 0.400. The Hall–Kier alpha value is -2.43.